The summed E-state index contributed by atoms with van der Waals surface area (Å²) in [5, 5.41) is 4.20. The lowest BCUT2D eigenvalue weighted by Crippen LogP contribution is -2.43. The zero-order chi connectivity index (χ0) is 13.7. The molecule has 0 bridgehead atoms. The van der Waals surface area contributed by atoms with Gasteiger partial charge >= 0.3 is 5.97 Å². The maximum atomic E-state index is 11.9. The highest BCUT2D eigenvalue weighted by Gasteiger charge is 2.23. The quantitative estimate of drug-likeness (QED) is 0.772. The van der Waals surface area contributed by atoms with Crippen molar-refractivity contribution in [2.75, 3.05) is 7.11 Å². The van der Waals surface area contributed by atoms with Crippen LogP contribution >= 0.6 is 11.3 Å². The van der Waals surface area contributed by atoms with E-state index in [-0.39, 0.29) is 12.1 Å². The second-order valence-corrected chi connectivity index (χ2v) is 4.42. The summed E-state index contributed by atoms with van der Waals surface area (Å²) in [4.78, 5) is 34.1. The van der Waals surface area contributed by atoms with Crippen LogP contribution in [0.2, 0.25) is 0 Å². The van der Waals surface area contributed by atoms with Crippen LogP contribution in [0, 0.1) is 0 Å². The summed E-state index contributed by atoms with van der Waals surface area (Å²) in [5.41, 5.74) is 2.56. The lowest BCUT2D eigenvalue weighted by molar-refractivity contribution is -0.142. The second-order valence-electron chi connectivity index (χ2n) is 3.70. The van der Waals surface area contributed by atoms with Gasteiger partial charge in [-0.2, -0.15) is 0 Å². The summed E-state index contributed by atoms with van der Waals surface area (Å²) in [6, 6.07) is -0.778. The predicted molar refractivity (Wildman–Crippen MR) is 67.7 cm³/mol. The number of hydrogen-bond donors (Lipinski definition) is 2. The van der Waals surface area contributed by atoms with Crippen LogP contribution in [-0.2, 0) is 16.0 Å². The molecule has 0 spiro atoms. The van der Waals surface area contributed by atoms with Crippen molar-refractivity contribution in [1.29, 1.82) is 0 Å². The molecule has 8 heteroatoms. The summed E-state index contributed by atoms with van der Waals surface area (Å²) in [6.07, 6.45) is 3.37. The lowest BCUT2D eigenvalue weighted by Gasteiger charge is -2.14. The molecule has 0 saturated carbocycles. The summed E-state index contributed by atoms with van der Waals surface area (Å²) in [7, 11) is 1.28. The molecule has 1 amide bonds. The number of aromatic amines is 1. The van der Waals surface area contributed by atoms with E-state index in [1.54, 1.807) is 17.1 Å². The number of methoxy groups -OCH3 is 1. The Kier molecular flexibility index (Phi) is 4.24. The summed E-state index contributed by atoms with van der Waals surface area (Å²) < 4.78 is 4.67. The molecule has 100 valence electrons. The fraction of sp³-hybridized carbons (Fsp3) is 0.273. The van der Waals surface area contributed by atoms with Gasteiger partial charge < -0.3 is 15.0 Å². The number of hydrogen-bond acceptors (Lipinski definition) is 6. The van der Waals surface area contributed by atoms with Crippen molar-refractivity contribution in [3.63, 3.8) is 0 Å². The van der Waals surface area contributed by atoms with Gasteiger partial charge in [0.05, 0.1) is 18.9 Å². The Bertz CT molecular complexity index is 538. The second kappa shape index (κ2) is 6.10. The number of rotatable bonds is 5. The molecule has 0 saturated heterocycles. The van der Waals surface area contributed by atoms with E-state index in [0.29, 0.717) is 0 Å². The molecule has 2 aromatic heterocycles. The number of amides is 1. The first-order chi connectivity index (χ1) is 9.20. The Hall–Kier alpha value is -2.22. The fourth-order valence-corrected chi connectivity index (χ4v) is 2.04. The van der Waals surface area contributed by atoms with Crippen LogP contribution in [0.3, 0.4) is 0 Å². The first-order valence-corrected chi connectivity index (χ1v) is 6.39. The zero-order valence-corrected chi connectivity index (χ0v) is 10.9. The van der Waals surface area contributed by atoms with Crippen molar-refractivity contribution < 1.29 is 14.3 Å². The van der Waals surface area contributed by atoms with Crippen molar-refractivity contribution in [3.8, 4) is 0 Å². The van der Waals surface area contributed by atoms with Gasteiger partial charge in [0.1, 0.15) is 11.7 Å². The lowest BCUT2D eigenvalue weighted by atomic mass is 10.1. The van der Waals surface area contributed by atoms with Crippen LogP contribution < -0.4 is 5.32 Å². The SMILES string of the molecule is COC(=O)[C@H](Cc1cnc[nH]1)NC(=O)c1cscn1. The van der Waals surface area contributed by atoms with Crippen LogP contribution in [-0.4, -0.2) is 40.0 Å². The van der Waals surface area contributed by atoms with Crippen molar-refractivity contribution >= 4 is 23.2 Å². The van der Waals surface area contributed by atoms with Gasteiger partial charge in [0, 0.05) is 23.7 Å². The van der Waals surface area contributed by atoms with Crippen molar-refractivity contribution in [2.45, 2.75) is 12.5 Å². The number of thiazole rings is 1. The molecule has 7 nitrogen and oxygen atoms in total. The molecule has 0 unspecified atom stereocenters. The standard InChI is InChI=1S/C11H12N4O3S/c1-18-11(17)8(2-7-3-12-5-13-7)15-10(16)9-4-19-6-14-9/h3-6,8H,2H2,1H3,(H,12,13)(H,15,16)/t8-/m0/s1. The molecule has 0 aliphatic rings. The first kappa shape index (κ1) is 13.2. The van der Waals surface area contributed by atoms with E-state index in [0.717, 1.165) is 5.69 Å². The molecule has 2 aromatic rings. The highest BCUT2D eigenvalue weighted by atomic mass is 32.1. The maximum Gasteiger partial charge on any atom is 0.328 e. The van der Waals surface area contributed by atoms with Gasteiger partial charge in [0.25, 0.3) is 5.91 Å². The minimum atomic E-state index is -0.778. The summed E-state index contributed by atoms with van der Waals surface area (Å²) >= 11 is 1.31. The zero-order valence-electron chi connectivity index (χ0n) is 10.1. The van der Waals surface area contributed by atoms with Crippen LogP contribution in [0.4, 0.5) is 0 Å². The van der Waals surface area contributed by atoms with E-state index in [9.17, 15) is 9.59 Å². The van der Waals surface area contributed by atoms with E-state index in [1.165, 1.54) is 24.8 Å². The monoisotopic (exact) mass is 280 g/mol. The average Bonchev–Trinajstić information content (AvgIpc) is 3.09. The Balaban J connectivity index is 2.06. The number of nitrogens with one attached hydrogen (secondary N) is 2. The third-order valence-corrected chi connectivity index (χ3v) is 3.02. The van der Waals surface area contributed by atoms with Crippen LogP contribution in [0.25, 0.3) is 0 Å². The van der Waals surface area contributed by atoms with Crippen molar-refractivity contribution in [1.82, 2.24) is 20.3 Å². The van der Waals surface area contributed by atoms with E-state index >= 15 is 0 Å². The Morgan fingerprint density at radius 1 is 1.58 bits per heavy atom. The molecule has 0 aliphatic heterocycles. The molecule has 2 heterocycles. The summed E-state index contributed by atoms with van der Waals surface area (Å²) in [5.74, 6) is -0.922. The minimum absolute atomic E-state index is 0.280. The van der Waals surface area contributed by atoms with Gasteiger partial charge in [0.15, 0.2) is 0 Å². The first-order valence-electron chi connectivity index (χ1n) is 5.45. The highest BCUT2D eigenvalue weighted by molar-refractivity contribution is 7.07. The molecule has 2 rings (SSSR count). The molecule has 0 aromatic carbocycles. The number of esters is 1. The average molecular weight is 280 g/mol. The molecular formula is C11H12N4O3S. The van der Waals surface area contributed by atoms with Crippen molar-refractivity contribution in [3.05, 3.63) is 34.8 Å². The number of carbonyl (C=O) groups excluding carboxylic acids is 2. The predicted octanol–water partition coefficient (Wildman–Crippen LogP) is 0.380. The number of imidazole rings is 1. The number of ether oxygens (including phenoxy) is 1. The highest BCUT2D eigenvalue weighted by Crippen LogP contribution is 2.04. The van der Waals surface area contributed by atoms with Gasteiger partial charge in [-0.05, 0) is 0 Å². The van der Waals surface area contributed by atoms with Gasteiger partial charge in [-0.1, -0.05) is 0 Å². The van der Waals surface area contributed by atoms with Crippen LogP contribution in [0.5, 0.6) is 0 Å². The van der Waals surface area contributed by atoms with Crippen LogP contribution in [0.15, 0.2) is 23.4 Å². The third-order valence-electron chi connectivity index (χ3n) is 2.43. The number of aromatic nitrogens is 3. The van der Waals surface area contributed by atoms with E-state index in [4.69, 9.17) is 0 Å². The molecular weight excluding hydrogens is 268 g/mol. The third kappa shape index (κ3) is 3.38. The molecule has 19 heavy (non-hydrogen) atoms. The molecule has 0 aliphatic carbocycles. The largest absolute Gasteiger partial charge is 0.467 e. The Labute approximate surface area is 113 Å². The number of carbonyl (C=O) groups is 2. The van der Waals surface area contributed by atoms with E-state index in [2.05, 4.69) is 25.0 Å². The van der Waals surface area contributed by atoms with Crippen molar-refractivity contribution in [2.24, 2.45) is 0 Å². The molecule has 0 radical (unpaired) electrons. The minimum Gasteiger partial charge on any atom is -0.467 e. The van der Waals surface area contributed by atoms with E-state index < -0.39 is 17.9 Å². The van der Waals surface area contributed by atoms with Gasteiger partial charge in [-0.15, -0.1) is 11.3 Å². The van der Waals surface area contributed by atoms with E-state index in [1.807, 2.05) is 0 Å². The molecule has 0 fully saturated rings. The Morgan fingerprint density at radius 2 is 2.42 bits per heavy atom. The fourth-order valence-electron chi connectivity index (χ4n) is 1.51. The Morgan fingerprint density at radius 3 is 3.00 bits per heavy atom. The van der Waals surface area contributed by atoms with Crippen LogP contribution in [0.1, 0.15) is 16.2 Å². The van der Waals surface area contributed by atoms with Gasteiger partial charge in [-0.3, -0.25) is 4.79 Å². The number of nitrogens with zero attached hydrogens (tertiary/aromatic N) is 2. The van der Waals surface area contributed by atoms with Gasteiger partial charge in [0.2, 0.25) is 0 Å². The normalized spacial score (nSPS) is 11.8. The smallest absolute Gasteiger partial charge is 0.328 e. The molecule has 1 atom stereocenters. The van der Waals surface area contributed by atoms with Gasteiger partial charge in [-0.25, -0.2) is 14.8 Å². The number of H-pyrrole nitrogens is 1. The molecule has 2 N–H and O–H groups in total. The topological polar surface area (TPSA) is 97.0 Å². The maximum absolute atomic E-state index is 11.9. The summed E-state index contributed by atoms with van der Waals surface area (Å²) in [6.45, 7) is 0.